The van der Waals surface area contributed by atoms with Crippen molar-refractivity contribution in [2.24, 2.45) is 5.92 Å². The summed E-state index contributed by atoms with van der Waals surface area (Å²) in [4.78, 5) is 45.3. The number of nitrogens with zero attached hydrogens (tertiary/aromatic N) is 1. The van der Waals surface area contributed by atoms with Crippen LogP contribution in [0.25, 0.3) is 10.9 Å². The lowest BCUT2D eigenvalue weighted by atomic mass is 9.86. The van der Waals surface area contributed by atoms with Gasteiger partial charge in [0.25, 0.3) is 0 Å². The Morgan fingerprint density at radius 2 is 1.76 bits per heavy atom. The molecule has 1 amide bonds. The van der Waals surface area contributed by atoms with Gasteiger partial charge in [-0.05, 0) is 111 Å². The van der Waals surface area contributed by atoms with Crippen LogP contribution in [0.2, 0.25) is 5.02 Å². The molecule has 0 aliphatic carbocycles. The van der Waals surface area contributed by atoms with Gasteiger partial charge in [0.05, 0.1) is 25.2 Å². The summed E-state index contributed by atoms with van der Waals surface area (Å²) in [5.74, 6) is -2.30. The smallest absolute Gasteiger partial charge is 0.345 e. The number of halogens is 1. The van der Waals surface area contributed by atoms with E-state index >= 15 is 0 Å². The Morgan fingerprint density at radius 1 is 1.00 bits per heavy atom. The van der Waals surface area contributed by atoms with Gasteiger partial charge in [0.15, 0.2) is 0 Å². The molecule has 1 saturated heterocycles. The number of hydrogen-bond acceptors (Lipinski definition) is 8. The van der Waals surface area contributed by atoms with Crippen molar-refractivity contribution in [3.8, 4) is 11.5 Å². The molecule has 10 nitrogen and oxygen atoms in total. The highest BCUT2D eigenvalue weighted by Crippen LogP contribution is 2.37. The maximum absolute atomic E-state index is 13.8. The van der Waals surface area contributed by atoms with Crippen LogP contribution in [-0.4, -0.2) is 76.8 Å². The average molecular weight is 736 g/mol. The van der Waals surface area contributed by atoms with E-state index in [4.69, 9.17) is 25.8 Å². The number of amides is 1. The van der Waals surface area contributed by atoms with E-state index in [9.17, 15) is 18.6 Å². The van der Waals surface area contributed by atoms with Gasteiger partial charge in [-0.1, -0.05) is 37.1 Å². The summed E-state index contributed by atoms with van der Waals surface area (Å²) < 4.78 is 30.1. The number of nitrogens with one attached hydrogen (secondary N) is 2. The van der Waals surface area contributed by atoms with E-state index in [0.717, 1.165) is 36.3 Å². The zero-order chi connectivity index (χ0) is 36.3. The van der Waals surface area contributed by atoms with Crippen LogP contribution >= 0.6 is 11.6 Å². The molecule has 1 aromatic heterocycles. The molecule has 3 unspecified atom stereocenters. The Balaban J connectivity index is 1.16. The summed E-state index contributed by atoms with van der Waals surface area (Å²) in [6, 6.07) is 19.6. The van der Waals surface area contributed by atoms with Gasteiger partial charge >= 0.3 is 11.9 Å². The SMILES string of the molecule is COc1ccc2[nH]c(C)c(C(C(=O)OC(=O)c3ccc(Cl)cc3)C(C)CS(=O)CC(=O)NCCCOc3cccc(CN4CCCCC4)c3)c2c1. The van der Waals surface area contributed by atoms with E-state index in [1.807, 2.05) is 31.2 Å². The Bertz CT molecular complexity index is 1840. The van der Waals surface area contributed by atoms with E-state index in [2.05, 4.69) is 27.3 Å². The average Bonchev–Trinajstić information content (AvgIpc) is 3.43. The van der Waals surface area contributed by atoms with Crippen LogP contribution in [0.5, 0.6) is 11.5 Å². The van der Waals surface area contributed by atoms with Crippen LogP contribution in [-0.2, 0) is 31.7 Å². The third-order valence-electron chi connectivity index (χ3n) is 9.06. The Labute approximate surface area is 306 Å². The van der Waals surface area contributed by atoms with Crippen molar-refractivity contribution in [1.29, 1.82) is 0 Å². The van der Waals surface area contributed by atoms with Crippen molar-refractivity contribution in [2.75, 3.05) is 44.9 Å². The van der Waals surface area contributed by atoms with E-state index in [-0.39, 0.29) is 23.0 Å². The molecule has 0 radical (unpaired) electrons. The Kier molecular flexibility index (Phi) is 13.7. The van der Waals surface area contributed by atoms with Gasteiger partial charge < -0.3 is 24.5 Å². The number of ether oxygens (including phenoxy) is 3. The van der Waals surface area contributed by atoms with Crippen molar-refractivity contribution < 1.29 is 32.8 Å². The molecule has 1 aliphatic heterocycles. The minimum atomic E-state index is -1.61. The van der Waals surface area contributed by atoms with E-state index < -0.39 is 34.6 Å². The first kappa shape index (κ1) is 38.1. The fraction of sp³-hybridized carbons (Fsp3) is 0.410. The van der Waals surface area contributed by atoms with Crippen molar-refractivity contribution in [1.82, 2.24) is 15.2 Å². The summed E-state index contributed by atoms with van der Waals surface area (Å²) in [6.07, 6.45) is 4.39. The third-order valence-corrected chi connectivity index (χ3v) is 10.8. The van der Waals surface area contributed by atoms with Crippen LogP contribution in [0.3, 0.4) is 0 Å². The zero-order valence-electron chi connectivity index (χ0n) is 29.4. The van der Waals surface area contributed by atoms with Crippen LogP contribution in [0.1, 0.15) is 65.7 Å². The lowest BCUT2D eigenvalue weighted by Crippen LogP contribution is -2.33. The second kappa shape index (κ2) is 18.3. The minimum absolute atomic E-state index is 0.0231. The number of aromatic amines is 1. The van der Waals surface area contributed by atoms with E-state index in [0.29, 0.717) is 41.6 Å². The molecule has 51 heavy (non-hydrogen) atoms. The highest BCUT2D eigenvalue weighted by Gasteiger charge is 2.35. The topological polar surface area (TPSA) is 127 Å². The first-order valence-corrected chi connectivity index (χ1v) is 19.2. The summed E-state index contributed by atoms with van der Waals surface area (Å²) >= 11 is 5.96. The van der Waals surface area contributed by atoms with Gasteiger partial charge in [-0.25, -0.2) is 4.79 Å². The molecular weight excluding hydrogens is 690 g/mol. The lowest BCUT2D eigenvalue weighted by Gasteiger charge is -2.26. The van der Waals surface area contributed by atoms with Crippen LogP contribution < -0.4 is 14.8 Å². The lowest BCUT2D eigenvalue weighted by molar-refractivity contribution is -0.140. The van der Waals surface area contributed by atoms with Crippen molar-refractivity contribution in [2.45, 2.75) is 52.0 Å². The molecule has 0 saturated carbocycles. The number of esters is 2. The highest BCUT2D eigenvalue weighted by molar-refractivity contribution is 7.85. The van der Waals surface area contributed by atoms with Crippen LogP contribution in [0.15, 0.2) is 66.7 Å². The van der Waals surface area contributed by atoms with Gasteiger partial charge in [0.1, 0.15) is 17.3 Å². The zero-order valence-corrected chi connectivity index (χ0v) is 30.9. The summed E-state index contributed by atoms with van der Waals surface area (Å²) in [6.45, 7) is 7.59. The number of rotatable bonds is 16. The van der Waals surface area contributed by atoms with E-state index in [1.54, 1.807) is 20.1 Å². The first-order valence-electron chi connectivity index (χ1n) is 17.3. The summed E-state index contributed by atoms with van der Waals surface area (Å²) in [5, 5.41) is 3.99. The normalized spacial score (nSPS) is 15.1. The molecule has 1 fully saturated rings. The van der Waals surface area contributed by atoms with Gasteiger partial charge in [-0.3, -0.25) is 18.7 Å². The maximum Gasteiger partial charge on any atom is 0.345 e. The second-order valence-electron chi connectivity index (χ2n) is 13.0. The minimum Gasteiger partial charge on any atom is -0.497 e. The number of H-pyrrole nitrogens is 1. The standard InChI is InChI=1S/C39H46ClN3O7S/c1-26(24-51(47)25-35(44)41-17-8-20-49-32-10-7-9-28(21-32)23-43-18-5-4-6-19-43)36(39(46)50-38(45)29-11-13-30(40)14-12-29)37-27(2)42-34-16-15-31(48-3)22-33(34)37/h7,9-16,21-22,26,36,42H,4-6,8,17-20,23-25H2,1-3H3,(H,41,44). The number of piperidine rings is 1. The second-order valence-corrected chi connectivity index (χ2v) is 15.0. The Hall–Kier alpha value is -4.19. The first-order chi connectivity index (χ1) is 24.6. The predicted octanol–water partition coefficient (Wildman–Crippen LogP) is 6.56. The van der Waals surface area contributed by atoms with Crippen molar-refractivity contribution in [3.63, 3.8) is 0 Å². The van der Waals surface area contributed by atoms with Crippen LogP contribution in [0.4, 0.5) is 0 Å². The van der Waals surface area contributed by atoms with Gasteiger partial charge in [-0.15, -0.1) is 0 Å². The number of fused-ring (bicyclic) bond motifs is 1. The number of methoxy groups -OCH3 is 1. The number of hydrogen-bond donors (Lipinski definition) is 2. The van der Waals surface area contributed by atoms with Crippen molar-refractivity contribution >= 4 is 51.1 Å². The van der Waals surface area contributed by atoms with Gasteiger partial charge in [-0.2, -0.15) is 0 Å². The quantitative estimate of drug-likeness (QED) is 0.0753. The number of benzene rings is 3. The number of carbonyl (C=O) groups is 3. The monoisotopic (exact) mass is 735 g/mol. The number of carbonyl (C=O) groups excluding carboxylic acids is 3. The number of likely N-dealkylation sites (tertiary alicyclic amines) is 1. The van der Waals surface area contributed by atoms with Gasteiger partial charge in [0.2, 0.25) is 5.91 Å². The third kappa shape index (κ3) is 10.7. The molecule has 272 valence electrons. The fourth-order valence-electron chi connectivity index (χ4n) is 6.53. The summed E-state index contributed by atoms with van der Waals surface area (Å²) in [5.41, 5.74) is 3.48. The van der Waals surface area contributed by atoms with Gasteiger partial charge in [0, 0.05) is 51.3 Å². The molecular formula is C39H46ClN3O7S. The highest BCUT2D eigenvalue weighted by atomic mass is 35.5. The molecule has 2 heterocycles. The molecule has 0 spiro atoms. The molecule has 3 atom stereocenters. The largest absolute Gasteiger partial charge is 0.497 e. The summed E-state index contributed by atoms with van der Waals surface area (Å²) in [7, 11) is -0.0572. The molecule has 12 heteroatoms. The predicted molar refractivity (Wildman–Crippen MR) is 200 cm³/mol. The molecule has 3 aromatic carbocycles. The molecule has 2 N–H and O–H groups in total. The van der Waals surface area contributed by atoms with Crippen LogP contribution in [0, 0.1) is 12.8 Å². The molecule has 0 bridgehead atoms. The van der Waals surface area contributed by atoms with Crippen molar-refractivity contribution in [3.05, 3.63) is 94.1 Å². The van der Waals surface area contributed by atoms with E-state index in [1.165, 1.54) is 49.1 Å². The molecule has 4 aromatic rings. The number of aromatic nitrogens is 1. The Morgan fingerprint density at radius 3 is 2.51 bits per heavy atom. The number of aryl methyl sites for hydroxylation is 1. The maximum atomic E-state index is 13.8. The molecule has 1 aliphatic rings. The fourth-order valence-corrected chi connectivity index (χ4v) is 7.95. The molecule has 5 rings (SSSR count).